The predicted octanol–water partition coefficient (Wildman–Crippen LogP) is 2.66. The number of hydrogen-bond donors (Lipinski definition) is 1. The molecule has 0 aromatic carbocycles. The molecule has 0 spiro atoms. The van der Waals surface area contributed by atoms with Crippen molar-refractivity contribution in [3.05, 3.63) is 12.2 Å². The Balaban J connectivity index is 2.16. The Morgan fingerprint density at radius 2 is 2.00 bits per heavy atom. The number of carbonyl (C=O) groups excluding carboxylic acids is 1. The molecule has 1 N–H and O–H groups in total. The molecular formula is C15H20O3. The lowest BCUT2D eigenvalue weighted by Crippen LogP contribution is -2.41. The first-order chi connectivity index (χ1) is 8.30. The Morgan fingerprint density at radius 3 is 2.61 bits per heavy atom. The highest BCUT2D eigenvalue weighted by molar-refractivity contribution is 6.00. The van der Waals surface area contributed by atoms with E-state index in [0.717, 1.165) is 12.8 Å². The van der Waals surface area contributed by atoms with E-state index in [2.05, 4.69) is 20.4 Å². The third-order valence-corrected chi connectivity index (χ3v) is 5.89. The van der Waals surface area contributed by atoms with Gasteiger partial charge in [0.15, 0.2) is 5.78 Å². The summed E-state index contributed by atoms with van der Waals surface area (Å²) in [5.41, 5.74) is 0.309. The van der Waals surface area contributed by atoms with Gasteiger partial charge in [-0.15, -0.1) is 0 Å². The normalized spacial score (nSPS) is 45.1. The van der Waals surface area contributed by atoms with Crippen molar-refractivity contribution in [3.63, 3.8) is 0 Å². The van der Waals surface area contributed by atoms with E-state index in [0.29, 0.717) is 24.3 Å². The number of hydrogen-bond acceptors (Lipinski definition) is 2. The minimum Gasteiger partial charge on any atom is -0.481 e. The van der Waals surface area contributed by atoms with Crippen LogP contribution < -0.4 is 0 Å². The zero-order valence-corrected chi connectivity index (χ0v) is 11.0. The summed E-state index contributed by atoms with van der Waals surface area (Å²) >= 11 is 0. The molecule has 2 bridgehead atoms. The molecule has 0 radical (unpaired) electrons. The standard InChI is InChI=1S/C15H20O3/c1-8-12(16)6-11-9-4-5-10(13(17)18)15(8,11)7-14(9,2)3/h9-11H,1,4-7H2,2-3H3,(H,17,18)/t9-,10-,11+,15+/m1/s1. The maximum absolute atomic E-state index is 12.0. The van der Waals surface area contributed by atoms with Crippen LogP contribution in [-0.4, -0.2) is 16.9 Å². The molecule has 3 rings (SSSR count). The van der Waals surface area contributed by atoms with Gasteiger partial charge in [0.2, 0.25) is 0 Å². The number of ketones is 1. The monoisotopic (exact) mass is 248 g/mol. The van der Waals surface area contributed by atoms with Crippen molar-refractivity contribution in [2.75, 3.05) is 0 Å². The topological polar surface area (TPSA) is 54.4 Å². The van der Waals surface area contributed by atoms with Crippen LogP contribution in [0.15, 0.2) is 12.2 Å². The van der Waals surface area contributed by atoms with Gasteiger partial charge in [0.05, 0.1) is 5.92 Å². The lowest BCUT2D eigenvalue weighted by Gasteiger charge is -2.41. The lowest BCUT2D eigenvalue weighted by molar-refractivity contribution is -0.148. The molecule has 0 unspecified atom stereocenters. The van der Waals surface area contributed by atoms with Crippen LogP contribution in [0.1, 0.15) is 39.5 Å². The van der Waals surface area contributed by atoms with Crippen LogP contribution >= 0.6 is 0 Å². The van der Waals surface area contributed by atoms with Crippen LogP contribution in [0.4, 0.5) is 0 Å². The van der Waals surface area contributed by atoms with E-state index in [4.69, 9.17) is 0 Å². The second-order valence-corrected chi connectivity index (χ2v) is 6.99. The van der Waals surface area contributed by atoms with Gasteiger partial charge in [-0.3, -0.25) is 9.59 Å². The summed E-state index contributed by atoms with van der Waals surface area (Å²) in [4.78, 5) is 23.6. The molecule has 0 aromatic heterocycles. The van der Waals surface area contributed by atoms with Gasteiger partial charge in [-0.05, 0) is 42.1 Å². The van der Waals surface area contributed by atoms with Crippen molar-refractivity contribution in [2.45, 2.75) is 39.5 Å². The van der Waals surface area contributed by atoms with Crippen molar-refractivity contribution in [3.8, 4) is 0 Å². The number of aliphatic carboxylic acids is 1. The molecule has 3 aliphatic rings. The smallest absolute Gasteiger partial charge is 0.307 e. The molecule has 3 nitrogen and oxygen atoms in total. The van der Waals surface area contributed by atoms with E-state index in [1.165, 1.54) is 0 Å². The van der Waals surface area contributed by atoms with Crippen molar-refractivity contribution in [2.24, 2.45) is 28.6 Å². The summed E-state index contributed by atoms with van der Waals surface area (Å²) in [5.74, 6) is -0.334. The number of carboxylic acids is 1. The summed E-state index contributed by atoms with van der Waals surface area (Å²) in [6, 6.07) is 0. The van der Waals surface area contributed by atoms with Gasteiger partial charge >= 0.3 is 5.97 Å². The maximum Gasteiger partial charge on any atom is 0.307 e. The van der Waals surface area contributed by atoms with Gasteiger partial charge in [0.1, 0.15) is 0 Å². The summed E-state index contributed by atoms with van der Waals surface area (Å²) in [6.07, 6.45) is 2.98. The predicted molar refractivity (Wildman–Crippen MR) is 66.9 cm³/mol. The van der Waals surface area contributed by atoms with Gasteiger partial charge in [0, 0.05) is 11.8 Å². The van der Waals surface area contributed by atoms with Gasteiger partial charge in [-0.25, -0.2) is 0 Å². The van der Waals surface area contributed by atoms with Crippen LogP contribution in [0.5, 0.6) is 0 Å². The van der Waals surface area contributed by atoms with Gasteiger partial charge in [-0.1, -0.05) is 20.4 Å². The molecule has 3 aliphatic carbocycles. The average Bonchev–Trinajstić information content (AvgIpc) is 2.57. The summed E-state index contributed by atoms with van der Waals surface area (Å²) in [5, 5.41) is 9.52. The largest absolute Gasteiger partial charge is 0.481 e. The Kier molecular flexibility index (Phi) is 2.16. The Morgan fingerprint density at radius 1 is 1.33 bits per heavy atom. The Labute approximate surface area is 107 Å². The highest BCUT2D eigenvalue weighted by Gasteiger charge is 2.68. The van der Waals surface area contributed by atoms with E-state index >= 15 is 0 Å². The molecule has 4 atom stereocenters. The second-order valence-electron chi connectivity index (χ2n) is 6.99. The van der Waals surface area contributed by atoms with Gasteiger partial charge < -0.3 is 5.11 Å². The SMILES string of the molecule is C=C1C(=O)C[C@H]2[C@H]3CC[C@H](C(=O)O)[C@]12CC3(C)C. The zero-order valence-electron chi connectivity index (χ0n) is 11.0. The van der Waals surface area contributed by atoms with Gasteiger partial charge in [-0.2, -0.15) is 0 Å². The molecule has 3 heteroatoms. The van der Waals surface area contributed by atoms with E-state index in [9.17, 15) is 14.7 Å². The van der Waals surface area contributed by atoms with Crippen LogP contribution in [0.3, 0.4) is 0 Å². The van der Waals surface area contributed by atoms with E-state index < -0.39 is 17.3 Å². The molecular weight excluding hydrogens is 228 g/mol. The van der Waals surface area contributed by atoms with Crippen molar-refractivity contribution in [1.82, 2.24) is 0 Å². The van der Waals surface area contributed by atoms with Crippen LogP contribution in [0, 0.1) is 28.6 Å². The minimum absolute atomic E-state index is 0.105. The lowest BCUT2D eigenvalue weighted by atomic mass is 9.61. The molecule has 98 valence electrons. The van der Waals surface area contributed by atoms with Crippen molar-refractivity contribution >= 4 is 11.8 Å². The number of Topliss-reactive ketones (excluding diaryl/α,β-unsaturated/α-hetero) is 1. The fourth-order valence-corrected chi connectivity index (χ4v) is 5.29. The van der Waals surface area contributed by atoms with E-state index in [1.54, 1.807) is 0 Å². The van der Waals surface area contributed by atoms with E-state index in [1.807, 2.05) is 0 Å². The third-order valence-electron chi connectivity index (χ3n) is 5.89. The fraction of sp³-hybridized carbons (Fsp3) is 0.733. The Bertz CT molecular complexity index is 462. The van der Waals surface area contributed by atoms with Crippen molar-refractivity contribution < 1.29 is 14.7 Å². The summed E-state index contributed by atoms with van der Waals surface area (Å²) in [7, 11) is 0. The first kappa shape index (κ1) is 11.9. The van der Waals surface area contributed by atoms with Crippen LogP contribution in [0.2, 0.25) is 0 Å². The third kappa shape index (κ3) is 1.15. The first-order valence-corrected chi connectivity index (χ1v) is 6.76. The fourth-order valence-electron chi connectivity index (χ4n) is 5.29. The Hall–Kier alpha value is -1.12. The number of rotatable bonds is 1. The molecule has 0 aliphatic heterocycles. The number of allylic oxidation sites excluding steroid dienone is 1. The highest BCUT2D eigenvalue weighted by atomic mass is 16.4. The maximum atomic E-state index is 12.0. The molecule has 0 amide bonds. The summed E-state index contributed by atoms with van der Waals surface area (Å²) < 4.78 is 0. The molecule has 0 saturated heterocycles. The summed E-state index contributed by atoms with van der Waals surface area (Å²) in [6.45, 7) is 8.42. The molecule has 0 heterocycles. The minimum atomic E-state index is -0.744. The number of carbonyl (C=O) groups is 2. The first-order valence-electron chi connectivity index (χ1n) is 6.76. The number of carboxylic acid groups (broad SMARTS) is 1. The van der Waals surface area contributed by atoms with Gasteiger partial charge in [0.25, 0.3) is 0 Å². The molecule has 3 fully saturated rings. The highest BCUT2D eigenvalue weighted by Crippen LogP contribution is 2.71. The zero-order chi connectivity index (χ0) is 13.3. The van der Waals surface area contributed by atoms with E-state index in [-0.39, 0.29) is 17.1 Å². The van der Waals surface area contributed by atoms with Crippen LogP contribution in [-0.2, 0) is 9.59 Å². The molecule has 18 heavy (non-hydrogen) atoms. The van der Waals surface area contributed by atoms with Crippen molar-refractivity contribution in [1.29, 1.82) is 0 Å². The quantitative estimate of drug-likeness (QED) is 0.726. The van der Waals surface area contributed by atoms with Crippen LogP contribution in [0.25, 0.3) is 0 Å². The average molecular weight is 248 g/mol. The second kappa shape index (κ2) is 3.25. The molecule has 3 saturated carbocycles. The molecule has 0 aromatic rings.